The number of nitrogen functional groups attached to an aromatic ring is 1. The number of thiazole rings is 1. The van der Waals surface area contributed by atoms with E-state index < -0.39 is 11.7 Å². The molecular weight excluding hydrogens is 269 g/mol. The van der Waals surface area contributed by atoms with Crippen LogP contribution in [0.25, 0.3) is 0 Å². The molecule has 0 saturated carbocycles. The number of amides is 1. The zero-order valence-electron chi connectivity index (χ0n) is 10.1. The molecule has 0 fully saturated rings. The van der Waals surface area contributed by atoms with Gasteiger partial charge in [0.1, 0.15) is 5.01 Å². The Morgan fingerprint density at radius 3 is 3.00 bits per heavy atom. The van der Waals surface area contributed by atoms with Gasteiger partial charge in [0, 0.05) is 17.3 Å². The third-order valence-electron chi connectivity index (χ3n) is 2.34. The first-order valence-electron chi connectivity index (χ1n) is 5.42. The molecule has 0 spiro atoms. The standard InChI is InChI=1S/C11H12FN5OS/c1-6-5-19-8(16-6)4-15-11(18)7-2-3-14-10(17-13)9(7)12/h2-3,5H,4,13H2,1H3,(H,14,17)(H,15,18). The fraction of sp³-hybridized carbons (Fsp3) is 0.182. The molecule has 1 amide bonds. The lowest BCUT2D eigenvalue weighted by atomic mass is 10.2. The third kappa shape index (κ3) is 3.04. The molecule has 2 aromatic heterocycles. The molecule has 4 N–H and O–H groups in total. The van der Waals surface area contributed by atoms with Crippen LogP contribution in [-0.2, 0) is 6.54 Å². The second-order valence-corrected chi connectivity index (χ2v) is 4.67. The van der Waals surface area contributed by atoms with E-state index in [9.17, 15) is 9.18 Å². The summed E-state index contributed by atoms with van der Waals surface area (Å²) in [5.74, 6) is 3.61. The van der Waals surface area contributed by atoms with Crippen molar-refractivity contribution in [3.8, 4) is 0 Å². The Hall–Kier alpha value is -2.06. The summed E-state index contributed by atoms with van der Waals surface area (Å²) in [5, 5.41) is 5.23. The zero-order valence-corrected chi connectivity index (χ0v) is 10.9. The van der Waals surface area contributed by atoms with Gasteiger partial charge in [-0.3, -0.25) is 4.79 Å². The third-order valence-corrected chi connectivity index (χ3v) is 3.30. The van der Waals surface area contributed by atoms with Crippen molar-refractivity contribution in [1.82, 2.24) is 15.3 Å². The number of nitrogens with two attached hydrogens (primary N) is 1. The number of halogens is 1. The summed E-state index contributed by atoms with van der Waals surface area (Å²) >= 11 is 1.43. The lowest BCUT2D eigenvalue weighted by Gasteiger charge is -2.06. The first-order valence-corrected chi connectivity index (χ1v) is 6.30. The van der Waals surface area contributed by atoms with Gasteiger partial charge in [-0.05, 0) is 13.0 Å². The Morgan fingerprint density at radius 1 is 1.58 bits per heavy atom. The minimum absolute atomic E-state index is 0.115. The Morgan fingerprint density at radius 2 is 2.37 bits per heavy atom. The molecule has 100 valence electrons. The van der Waals surface area contributed by atoms with Crippen LogP contribution < -0.4 is 16.6 Å². The molecule has 0 aliphatic rings. The molecule has 0 bridgehead atoms. The van der Waals surface area contributed by atoms with Crippen LogP contribution in [0.3, 0.4) is 0 Å². The zero-order chi connectivity index (χ0) is 13.8. The topological polar surface area (TPSA) is 92.9 Å². The number of nitrogens with one attached hydrogen (secondary N) is 2. The SMILES string of the molecule is Cc1csc(CNC(=O)c2ccnc(NN)c2F)n1. The monoisotopic (exact) mass is 281 g/mol. The summed E-state index contributed by atoms with van der Waals surface area (Å²) in [4.78, 5) is 19.7. The minimum atomic E-state index is -0.780. The molecule has 2 rings (SSSR count). The second-order valence-electron chi connectivity index (χ2n) is 3.73. The number of carbonyl (C=O) groups is 1. The molecule has 2 heterocycles. The molecule has 0 aliphatic carbocycles. The van der Waals surface area contributed by atoms with Gasteiger partial charge in [-0.15, -0.1) is 11.3 Å². The number of hydrogen-bond donors (Lipinski definition) is 3. The Kier molecular flexibility index (Phi) is 4.03. The summed E-state index contributed by atoms with van der Waals surface area (Å²) in [6, 6.07) is 1.29. The van der Waals surface area contributed by atoms with Gasteiger partial charge in [-0.1, -0.05) is 0 Å². The fourth-order valence-electron chi connectivity index (χ4n) is 1.45. The molecule has 19 heavy (non-hydrogen) atoms. The van der Waals surface area contributed by atoms with Crippen molar-refractivity contribution in [2.24, 2.45) is 5.84 Å². The summed E-state index contributed by atoms with van der Waals surface area (Å²) < 4.78 is 13.8. The second kappa shape index (κ2) is 5.72. The van der Waals surface area contributed by atoms with E-state index in [4.69, 9.17) is 5.84 Å². The van der Waals surface area contributed by atoms with E-state index in [0.717, 1.165) is 10.7 Å². The summed E-state index contributed by atoms with van der Waals surface area (Å²) in [7, 11) is 0. The average Bonchev–Trinajstić information content (AvgIpc) is 2.82. The number of aryl methyl sites for hydroxylation is 1. The van der Waals surface area contributed by atoms with Crippen LogP contribution in [0.1, 0.15) is 21.1 Å². The smallest absolute Gasteiger partial charge is 0.254 e. The first-order chi connectivity index (χ1) is 9.11. The van der Waals surface area contributed by atoms with Gasteiger partial charge in [0.15, 0.2) is 11.6 Å². The van der Waals surface area contributed by atoms with E-state index in [1.807, 2.05) is 12.3 Å². The van der Waals surface area contributed by atoms with Crippen molar-refractivity contribution < 1.29 is 9.18 Å². The van der Waals surface area contributed by atoms with Crippen LogP contribution in [0.4, 0.5) is 10.2 Å². The van der Waals surface area contributed by atoms with Gasteiger partial charge in [0.05, 0.1) is 12.1 Å². The Balaban J connectivity index is 2.08. The summed E-state index contributed by atoms with van der Waals surface area (Å²) in [6.07, 6.45) is 1.31. The molecule has 0 aromatic carbocycles. The van der Waals surface area contributed by atoms with E-state index >= 15 is 0 Å². The van der Waals surface area contributed by atoms with Gasteiger partial charge >= 0.3 is 0 Å². The van der Waals surface area contributed by atoms with Gasteiger partial charge < -0.3 is 10.7 Å². The number of rotatable bonds is 4. The van der Waals surface area contributed by atoms with E-state index in [-0.39, 0.29) is 17.9 Å². The normalized spacial score (nSPS) is 10.3. The quantitative estimate of drug-likeness (QED) is 0.578. The lowest BCUT2D eigenvalue weighted by Crippen LogP contribution is -2.24. The number of nitrogens with zero attached hydrogens (tertiary/aromatic N) is 2. The maximum Gasteiger partial charge on any atom is 0.254 e. The number of pyridine rings is 1. The highest BCUT2D eigenvalue weighted by Gasteiger charge is 2.15. The van der Waals surface area contributed by atoms with E-state index in [2.05, 4.69) is 20.7 Å². The molecule has 6 nitrogen and oxygen atoms in total. The molecular formula is C11H12FN5OS. The van der Waals surface area contributed by atoms with Gasteiger partial charge in [0.2, 0.25) is 0 Å². The highest BCUT2D eigenvalue weighted by molar-refractivity contribution is 7.09. The predicted octanol–water partition coefficient (Wildman–Crippen LogP) is 1.20. The molecule has 8 heteroatoms. The fourth-order valence-corrected chi connectivity index (χ4v) is 2.17. The molecule has 0 saturated heterocycles. The Bertz CT molecular complexity index is 601. The summed E-state index contributed by atoms with van der Waals surface area (Å²) in [6.45, 7) is 2.12. The van der Waals surface area contributed by atoms with Crippen molar-refractivity contribution in [2.45, 2.75) is 13.5 Å². The number of carbonyl (C=O) groups excluding carboxylic acids is 1. The largest absolute Gasteiger partial charge is 0.345 e. The van der Waals surface area contributed by atoms with Crippen molar-refractivity contribution in [3.05, 3.63) is 39.7 Å². The predicted molar refractivity (Wildman–Crippen MR) is 70.0 cm³/mol. The van der Waals surface area contributed by atoms with Crippen LogP contribution in [0.2, 0.25) is 0 Å². The van der Waals surface area contributed by atoms with Crippen LogP contribution in [0.5, 0.6) is 0 Å². The maximum absolute atomic E-state index is 13.8. The molecule has 0 radical (unpaired) electrons. The summed E-state index contributed by atoms with van der Waals surface area (Å²) in [5.41, 5.74) is 2.86. The van der Waals surface area contributed by atoms with Gasteiger partial charge in [0.25, 0.3) is 5.91 Å². The Labute approximate surface area is 112 Å². The first kappa shape index (κ1) is 13.4. The lowest BCUT2D eigenvalue weighted by molar-refractivity contribution is 0.0946. The molecule has 2 aromatic rings. The van der Waals surface area contributed by atoms with E-state index in [1.54, 1.807) is 0 Å². The maximum atomic E-state index is 13.8. The van der Waals surface area contributed by atoms with E-state index in [1.165, 1.54) is 23.6 Å². The van der Waals surface area contributed by atoms with Crippen molar-refractivity contribution >= 4 is 23.1 Å². The highest BCUT2D eigenvalue weighted by atomic mass is 32.1. The minimum Gasteiger partial charge on any atom is -0.345 e. The number of aromatic nitrogens is 2. The molecule has 0 atom stereocenters. The molecule has 0 aliphatic heterocycles. The van der Waals surface area contributed by atoms with E-state index in [0.29, 0.717) is 0 Å². The number of anilines is 1. The van der Waals surface area contributed by atoms with Crippen molar-refractivity contribution in [2.75, 3.05) is 5.43 Å². The van der Waals surface area contributed by atoms with Crippen LogP contribution in [0.15, 0.2) is 17.6 Å². The number of hydrazine groups is 1. The average molecular weight is 281 g/mol. The van der Waals surface area contributed by atoms with Gasteiger partial charge in [-0.25, -0.2) is 20.2 Å². The van der Waals surface area contributed by atoms with Gasteiger partial charge in [-0.2, -0.15) is 0 Å². The highest BCUT2D eigenvalue weighted by Crippen LogP contribution is 2.14. The van der Waals surface area contributed by atoms with Crippen LogP contribution in [0, 0.1) is 12.7 Å². The number of hydrogen-bond acceptors (Lipinski definition) is 6. The molecule has 0 unspecified atom stereocenters. The van der Waals surface area contributed by atoms with Crippen molar-refractivity contribution in [3.63, 3.8) is 0 Å². The van der Waals surface area contributed by atoms with Crippen LogP contribution in [-0.4, -0.2) is 15.9 Å². The van der Waals surface area contributed by atoms with Crippen LogP contribution >= 0.6 is 11.3 Å². The van der Waals surface area contributed by atoms with Crippen molar-refractivity contribution in [1.29, 1.82) is 0 Å².